The molecule has 23 heavy (non-hydrogen) atoms. The lowest BCUT2D eigenvalue weighted by molar-refractivity contribution is -0.128. The van der Waals surface area contributed by atoms with E-state index in [2.05, 4.69) is 10.6 Å². The molecule has 0 bridgehead atoms. The Labute approximate surface area is 137 Å². The molecule has 126 valence electrons. The number of carbonyl (C=O) groups excluding carboxylic acids is 2. The predicted octanol–water partition coefficient (Wildman–Crippen LogP) is 1.92. The maximum absolute atomic E-state index is 11.9. The quantitative estimate of drug-likeness (QED) is 0.719. The second-order valence-electron chi connectivity index (χ2n) is 6.33. The van der Waals surface area contributed by atoms with Crippen molar-refractivity contribution in [3.8, 4) is 0 Å². The highest BCUT2D eigenvalue weighted by Gasteiger charge is 2.23. The summed E-state index contributed by atoms with van der Waals surface area (Å²) < 4.78 is 0. The van der Waals surface area contributed by atoms with E-state index in [0.29, 0.717) is 6.42 Å². The molecule has 1 aliphatic rings. The molecule has 1 aromatic carbocycles. The third-order valence-electron chi connectivity index (χ3n) is 4.32. The third kappa shape index (κ3) is 5.67. The van der Waals surface area contributed by atoms with Crippen LogP contribution in [0.15, 0.2) is 30.3 Å². The monoisotopic (exact) mass is 318 g/mol. The molecule has 1 aliphatic carbocycles. The Balaban J connectivity index is 1.68. The first-order valence-electron chi connectivity index (χ1n) is 8.36. The van der Waals surface area contributed by atoms with E-state index in [9.17, 15) is 14.7 Å². The van der Waals surface area contributed by atoms with Gasteiger partial charge in [-0.15, -0.1) is 0 Å². The first-order chi connectivity index (χ1) is 11.1. The zero-order chi connectivity index (χ0) is 16.7. The van der Waals surface area contributed by atoms with Crippen LogP contribution in [0, 0.1) is 5.92 Å². The Bertz CT molecular complexity index is 512. The van der Waals surface area contributed by atoms with E-state index in [1.165, 1.54) is 0 Å². The Morgan fingerprint density at radius 3 is 2.52 bits per heavy atom. The van der Waals surface area contributed by atoms with Gasteiger partial charge in [-0.1, -0.05) is 43.2 Å². The van der Waals surface area contributed by atoms with Gasteiger partial charge in [0.15, 0.2) is 0 Å². The van der Waals surface area contributed by atoms with Crippen LogP contribution in [0.1, 0.15) is 50.7 Å². The van der Waals surface area contributed by atoms with Crippen LogP contribution in [0.5, 0.6) is 0 Å². The average Bonchev–Trinajstić information content (AvgIpc) is 3.07. The first kappa shape index (κ1) is 17.5. The molecule has 0 aliphatic heterocycles. The van der Waals surface area contributed by atoms with E-state index in [4.69, 9.17) is 0 Å². The number of aliphatic hydroxyl groups excluding tert-OH is 1. The van der Waals surface area contributed by atoms with Crippen molar-refractivity contribution >= 4 is 11.8 Å². The molecule has 1 fully saturated rings. The minimum Gasteiger partial charge on any atom is -0.388 e. The second kappa shape index (κ2) is 8.67. The van der Waals surface area contributed by atoms with Crippen molar-refractivity contribution in [2.75, 3.05) is 6.54 Å². The van der Waals surface area contributed by atoms with E-state index in [-0.39, 0.29) is 30.3 Å². The van der Waals surface area contributed by atoms with Crippen LogP contribution in [0.4, 0.5) is 0 Å². The highest BCUT2D eigenvalue weighted by Crippen LogP contribution is 2.24. The number of rotatable bonds is 7. The van der Waals surface area contributed by atoms with Gasteiger partial charge in [0.25, 0.3) is 0 Å². The minimum absolute atomic E-state index is 0.00110. The van der Waals surface area contributed by atoms with Gasteiger partial charge in [0.2, 0.25) is 11.8 Å². The number of aliphatic hydroxyl groups is 1. The summed E-state index contributed by atoms with van der Waals surface area (Å²) in [6.45, 7) is 1.85. The molecule has 0 radical (unpaired) electrons. The SMILES string of the molecule is CC(CC(O)c1ccccc1)NC(=O)CNC(=O)C1CCCC1. The molecule has 0 saturated heterocycles. The Hall–Kier alpha value is -1.88. The van der Waals surface area contributed by atoms with Crippen LogP contribution in [-0.4, -0.2) is 29.5 Å². The van der Waals surface area contributed by atoms with Gasteiger partial charge in [0, 0.05) is 12.0 Å². The van der Waals surface area contributed by atoms with Gasteiger partial charge in [-0.05, 0) is 31.7 Å². The topological polar surface area (TPSA) is 78.4 Å². The summed E-state index contributed by atoms with van der Waals surface area (Å²) in [6, 6.07) is 9.21. The fourth-order valence-corrected chi connectivity index (χ4v) is 3.03. The number of benzene rings is 1. The molecular weight excluding hydrogens is 292 g/mol. The van der Waals surface area contributed by atoms with Gasteiger partial charge < -0.3 is 15.7 Å². The number of amides is 2. The van der Waals surface area contributed by atoms with Crippen LogP contribution in [0.3, 0.4) is 0 Å². The molecule has 0 aromatic heterocycles. The lowest BCUT2D eigenvalue weighted by Crippen LogP contribution is -2.42. The van der Waals surface area contributed by atoms with Crippen LogP contribution in [0.25, 0.3) is 0 Å². The normalized spacial score (nSPS) is 17.5. The lowest BCUT2D eigenvalue weighted by atomic mass is 10.0. The smallest absolute Gasteiger partial charge is 0.239 e. The lowest BCUT2D eigenvalue weighted by Gasteiger charge is -2.18. The maximum atomic E-state index is 11.9. The first-order valence-corrected chi connectivity index (χ1v) is 8.36. The van der Waals surface area contributed by atoms with Crippen molar-refractivity contribution in [1.29, 1.82) is 0 Å². The summed E-state index contributed by atoms with van der Waals surface area (Å²) in [5.41, 5.74) is 0.836. The average molecular weight is 318 g/mol. The van der Waals surface area contributed by atoms with Crippen LogP contribution in [-0.2, 0) is 9.59 Å². The summed E-state index contributed by atoms with van der Waals surface area (Å²) in [5, 5.41) is 15.7. The summed E-state index contributed by atoms with van der Waals surface area (Å²) >= 11 is 0. The number of hydrogen-bond donors (Lipinski definition) is 3. The molecule has 2 atom stereocenters. The Morgan fingerprint density at radius 2 is 1.87 bits per heavy atom. The van der Waals surface area contributed by atoms with Gasteiger partial charge in [-0.3, -0.25) is 9.59 Å². The molecule has 0 heterocycles. The predicted molar refractivity (Wildman–Crippen MR) is 88.6 cm³/mol. The molecule has 5 nitrogen and oxygen atoms in total. The largest absolute Gasteiger partial charge is 0.388 e. The molecule has 1 aromatic rings. The Kier molecular flexibility index (Phi) is 6.59. The molecule has 5 heteroatoms. The van der Waals surface area contributed by atoms with Gasteiger partial charge in [0.1, 0.15) is 0 Å². The molecule has 3 N–H and O–H groups in total. The number of carbonyl (C=O) groups is 2. The molecular formula is C18H26N2O3. The van der Waals surface area contributed by atoms with Gasteiger partial charge >= 0.3 is 0 Å². The fourth-order valence-electron chi connectivity index (χ4n) is 3.03. The zero-order valence-electron chi connectivity index (χ0n) is 13.6. The van der Waals surface area contributed by atoms with Crippen LogP contribution < -0.4 is 10.6 Å². The number of hydrogen-bond acceptors (Lipinski definition) is 3. The maximum Gasteiger partial charge on any atom is 0.239 e. The minimum atomic E-state index is -0.612. The second-order valence-corrected chi connectivity index (χ2v) is 6.33. The zero-order valence-corrected chi connectivity index (χ0v) is 13.6. The van der Waals surface area contributed by atoms with Crippen LogP contribution >= 0.6 is 0 Å². The summed E-state index contributed by atoms with van der Waals surface area (Å²) in [7, 11) is 0. The van der Waals surface area contributed by atoms with E-state index >= 15 is 0 Å². The van der Waals surface area contributed by atoms with Gasteiger partial charge in [0.05, 0.1) is 12.6 Å². The Morgan fingerprint density at radius 1 is 1.22 bits per heavy atom. The molecule has 2 unspecified atom stereocenters. The molecule has 0 spiro atoms. The van der Waals surface area contributed by atoms with Crippen molar-refractivity contribution in [3.05, 3.63) is 35.9 Å². The van der Waals surface area contributed by atoms with E-state index in [1.807, 2.05) is 37.3 Å². The number of nitrogens with one attached hydrogen (secondary N) is 2. The van der Waals surface area contributed by atoms with Crippen LogP contribution in [0.2, 0.25) is 0 Å². The van der Waals surface area contributed by atoms with E-state index < -0.39 is 6.10 Å². The van der Waals surface area contributed by atoms with Crippen molar-refractivity contribution in [2.45, 2.75) is 51.2 Å². The van der Waals surface area contributed by atoms with Crippen molar-refractivity contribution in [1.82, 2.24) is 10.6 Å². The third-order valence-corrected chi connectivity index (χ3v) is 4.32. The van der Waals surface area contributed by atoms with E-state index in [0.717, 1.165) is 31.2 Å². The standard InChI is InChI=1S/C18H26N2O3/c1-13(11-16(21)14-7-3-2-4-8-14)20-17(22)12-19-18(23)15-9-5-6-10-15/h2-4,7-8,13,15-16,21H,5-6,9-12H2,1H3,(H,19,23)(H,20,22). The van der Waals surface area contributed by atoms with Crippen molar-refractivity contribution in [2.24, 2.45) is 5.92 Å². The summed E-state index contributed by atoms with van der Waals surface area (Å²) in [4.78, 5) is 23.8. The highest BCUT2D eigenvalue weighted by molar-refractivity contribution is 5.86. The van der Waals surface area contributed by atoms with Crippen molar-refractivity contribution in [3.63, 3.8) is 0 Å². The van der Waals surface area contributed by atoms with E-state index in [1.54, 1.807) is 0 Å². The molecule has 1 saturated carbocycles. The fraction of sp³-hybridized carbons (Fsp3) is 0.556. The summed E-state index contributed by atoms with van der Waals surface area (Å²) in [5.74, 6) is -0.168. The highest BCUT2D eigenvalue weighted by atomic mass is 16.3. The molecule has 2 amide bonds. The van der Waals surface area contributed by atoms with Crippen molar-refractivity contribution < 1.29 is 14.7 Å². The summed E-state index contributed by atoms with van der Waals surface area (Å²) in [6.07, 6.45) is 3.86. The van der Waals surface area contributed by atoms with Gasteiger partial charge in [-0.25, -0.2) is 0 Å². The van der Waals surface area contributed by atoms with Gasteiger partial charge in [-0.2, -0.15) is 0 Å². The molecule has 2 rings (SSSR count).